The minimum atomic E-state index is -0.433. The van der Waals surface area contributed by atoms with Gasteiger partial charge in [0.2, 0.25) is 5.91 Å². The van der Waals surface area contributed by atoms with Gasteiger partial charge in [0.05, 0.1) is 5.92 Å². The molecule has 0 unspecified atom stereocenters. The Hall–Kier alpha value is -2.66. The van der Waals surface area contributed by atoms with Crippen LogP contribution in [0.4, 0.5) is 0 Å². The molecule has 5 nitrogen and oxygen atoms in total. The van der Waals surface area contributed by atoms with Gasteiger partial charge in [-0.05, 0) is 43.0 Å². The second kappa shape index (κ2) is 7.49. The first kappa shape index (κ1) is 17.2. The second-order valence-corrected chi connectivity index (χ2v) is 6.54. The van der Waals surface area contributed by atoms with Crippen molar-refractivity contribution in [2.75, 3.05) is 0 Å². The zero-order valence-electron chi connectivity index (χ0n) is 14.2. The lowest BCUT2D eigenvalue weighted by Gasteiger charge is -2.19. The van der Waals surface area contributed by atoms with Crippen molar-refractivity contribution in [1.82, 2.24) is 10.8 Å². The van der Waals surface area contributed by atoms with E-state index in [1.54, 1.807) is 17.6 Å². The highest BCUT2D eigenvalue weighted by Gasteiger charge is 2.34. The molecule has 2 atom stereocenters. The zero-order valence-corrected chi connectivity index (χ0v) is 14.2. The first-order chi connectivity index (χ1) is 12.1. The maximum Gasteiger partial charge on any atom is 0.251 e. The molecule has 25 heavy (non-hydrogen) atoms. The number of benzene rings is 2. The molecule has 3 N–H and O–H groups in total. The van der Waals surface area contributed by atoms with Gasteiger partial charge >= 0.3 is 0 Å². The number of hydrogen-bond acceptors (Lipinski definition) is 3. The van der Waals surface area contributed by atoms with Crippen LogP contribution in [0.25, 0.3) is 11.1 Å². The van der Waals surface area contributed by atoms with Crippen molar-refractivity contribution >= 4 is 11.8 Å². The lowest BCUT2D eigenvalue weighted by molar-refractivity contribution is -0.133. The summed E-state index contributed by atoms with van der Waals surface area (Å²) in [5.74, 6) is -1.00. The maximum absolute atomic E-state index is 12.5. The van der Waals surface area contributed by atoms with Crippen LogP contribution >= 0.6 is 0 Å². The summed E-state index contributed by atoms with van der Waals surface area (Å²) in [5.41, 5.74) is 5.61. The molecule has 0 heterocycles. The summed E-state index contributed by atoms with van der Waals surface area (Å²) in [6.45, 7) is 2.05. The Morgan fingerprint density at radius 2 is 1.80 bits per heavy atom. The Kier molecular flexibility index (Phi) is 5.14. The van der Waals surface area contributed by atoms with Gasteiger partial charge < -0.3 is 5.32 Å². The van der Waals surface area contributed by atoms with Crippen LogP contribution in [0.2, 0.25) is 0 Å². The largest absolute Gasteiger partial charge is 0.349 e. The van der Waals surface area contributed by atoms with Gasteiger partial charge in [-0.2, -0.15) is 0 Å². The molecule has 2 amide bonds. The lowest BCUT2D eigenvalue weighted by Crippen LogP contribution is -2.43. The van der Waals surface area contributed by atoms with Crippen LogP contribution in [0, 0.1) is 12.8 Å². The van der Waals surface area contributed by atoms with E-state index in [9.17, 15) is 9.59 Å². The maximum atomic E-state index is 12.5. The van der Waals surface area contributed by atoms with Crippen molar-refractivity contribution in [2.45, 2.75) is 32.2 Å². The number of amides is 2. The molecular weight excluding hydrogens is 316 g/mol. The van der Waals surface area contributed by atoms with Crippen molar-refractivity contribution in [1.29, 1.82) is 0 Å². The summed E-state index contributed by atoms with van der Waals surface area (Å²) < 4.78 is 0. The average Bonchev–Trinajstić information content (AvgIpc) is 3.09. The molecule has 0 aliphatic heterocycles. The van der Waals surface area contributed by atoms with E-state index in [1.807, 2.05) is 37.3 Å². The van der Waals surface area contributed by atoms with Crippen LogP contribution < -0.4 is 10.8 Å². The van der Waals surface area contributed by atoms with E-state index in [-0.39, 0.29) is 17.9 Å². The molecule has 2 aromatic carbocycles. The molecule has 1 aliphatic rings. The number of aryl methyl sites for hydroxylation is 1. The van der Waals surface area contributed by atoms with Crippen LogP contribution in [0.3, 0.4) is 0 Å². The van der Waals surface area contributed by atoms with Crippen LogP contribution in [-0.4, -0.2) is 23.1 Å². The molecule has 2 aromatic rings. The molecule has 130 valence electrons. The predicted molar refractivity (Wildman–Crippen MR) is 95.1 cm³/mol. The van der Waals surface area contributed by atoms with Crippen molar-refractivity contribution in [3.8, 4) is 11.1 Å². The summed E-state index contributed by atoms with van der Waals surface area (Å²) in [6, 6.07) is 15.4. The van der Waals surface area contributed by atoms with Gasteiger partial charge in [0, 0.05) is 11.6 Å². The molecule has 5 heteroatoms. The van der Waals surface area contributed by atoms with E-state index in [1.165, 1.54) is 5.56 Å². The van der Waals surface area contributed by atoms with Crippen molar-refractivity contribution in [3.63, 3.8) is 0 Å². The summed E-state index contributed by atoms with van der Waals surface area (Å²) in [7, 11) is 0. The van der Waals surface area contributed by atoms with E-state index in [4.69, 9.17) is 5.21 Å². The number of carbonyl (C=O) groups is 2. The van der Waals surface area contributed by atoms with Gasteiger partial charge in [-0.15, -0.1) is 0 Å². The van der Waals surface area contributed by atoms with Crippen molar-refractivity contribution in [3.05, 3.63) is 59.7 Å². The molecule has 3 rings (SSSR count). The third kappa shape index (κ3) is 3.88. The van der Waals surface area contributed by atoms with E-state index >= 15 is 0 Å². The highest BCUT2D eigenvalue weighted by molar-refractivity contribution is 5.95. The molecule has 0 spiro atoms. The highest BCUT2D eigenvalue weighted by atomic mass is 16.5. The van der Waals surface area contributed by atoms with E-state index in [0.29, 0.717) is 12.0 Å². The SMILES string of the molecule is Cc1cccc(-c2ccc(C(=O)N[C@@H]3CCC[C@@H]3C(=O)NO)cc2)c1. The van der Waals surface area contributed by atoms with Crippen molar-refractivity contribution in [2.24, 2.45) is 5.92 Å². The first-order valence-corrected chi connectivity index (χ1v) is 8.50. The predicted octanol–water partition coefficient (Wildman–Crippen LogP) is 3.07. The fourth-order valence-corrected chi connectivity index (χ4v) is 3.42. The summed E-state index contributed by atoms with van der Waals surface area (Å²) in [5, 5.41) is 11.7. The summed E-state index contributed by atoms with van der Waals surface area (Å²) >= 11 is 0. The molecular formula is C20H22N2O3. The Balaban J connectivity index is 1.70. The van der Waals surface area contributed by atoms with E-state index in [2.05, 4.69) is 11.4 Å². The van der Waals surface area contributed by atoms with Gasteiger partial charge in [0.25, 0.3) is 5.91 Å². The third-order valence-electron chi connectivity index (χ3n) is 4.78. The van der Waals surface area contributed by atoms with Gasteiger partial charge in [-0.3, -0.25) is 14.8 Å². The standard InChI is InChI=1S/C20H22N2O3/c1-13-4-2-5-16(12-13)14-8-10-15(11-9-14)19(23)21-18-7-3-6-17(18)20(24)22-25/h2,4-5,8-12,17-18,25H,3,6-7H2,1H3,(H,21,23)(H,22,24)/t17-,18+/m0/s1. The number of nitrogens with one attached hydrogen (secondary N) is 2. The highest BCUT2D eigenvalue weighted by Crippen LogP contribution is 2.26. The Morgan fingerprint density at radius 3 is 2.48 bits per heavy atom. The van der Waals surface area contributed by atoms with Crippen LogP contribution in [0.15, 0.2) is 48.5 Å². The second-order valence-electron chi connectivity index (χ2n) is 6.54. The third-order valence-corrected chi connectivity index (χ3v) is 4.78. The zero-order chi connectivity index (χ0) is 17.8. The van der Waals surface area contributed by atoms with Crippen molar-refractivity contribution < 1.29 is 14.8 Å². The first-order valence-electron chi connectivity index (χ1n) is 8.50. The fraction of sp³-hybridized carbons (Fsp3) is 0.300. The van der Waals surface area contributed by atoms with Gasteiger partial charge in [-0.1, -0.05) is 48.4 Å². The number of rotatable bonds is 4. The molecule has 1 aliphatic carbocycles. The van der Waals surface area contributed by atoms with Gasteiger partial charge in [0.1, 0.15) is 0 Å². The molecule has 1 fully saturated rings. The minimum absolute atomic E-state index is 0.196. The number of hydroxylamine groups is 1. The van der Waals surface area contributed by atoms with Gasteiger partial charge in [0.15, 0.2) is 0 Å². The monoisotopic (exact) mass is 338 g/mol. The van der Waals surface area contributed by atoms with Crippen LogP contribution in [0.5, 0.6) is 0 Å². The van der Waals surface area contributed by atoms with Crippen LogP contribution in [-0.2, 0) is 4.79 Å². The quantitative estimate of drug-likeness (QED) is 0.592. The molecule has 1 saturated carbocycles. The van der Waals surface area contributed by atoms with E-state index < -0.39 is 5.91 Å². The fourth-order valence-electron chi connectivity index (χ4n) is 3.42. The van der Waals surface area contributed by atoms with Gasteiger partial charge in [-0.25, -0.2) is 5.48 Å². The topological polar surface area (TPSA) is 78.4 Å². The Labute approximate surface area is 147 Å². The summed E-state index contributed by atoms with van der Waals surface area (Å²) in [4.78, 5) is 24.1. The molecule has 0 aromatic heterocycles. The summed E-state index contributed by atoms with van der Waals surface area (Å²) in [6.07, 6.45) is 2.27. The minimum Gasteiger partial charge on any atom is -0.349 e. The normalized spacial score (nSPS) is 19.4. The molecule has 0 bridgehead atoms. The Bertz CT molecular complexity index is 771. The van der Waals surface area contributed by atoms with E-state index in [0.717, 1.165) is 24.0 Å². The smallest absolute Gasteiger partial charge is 0.251 e. The Morgan fingerprint density at radius 1 is 1.04 bits per heavy atom. The lowest BCUT2D eigenvalue weighted by atomic mass is 10.0. The van der Waals surface area contributed by atoms with Crippen LogP contribution in [0.1, 0.15) is 35.2 Å². The number of carbonyl (C=O) groups excluding carboxylic acids is 2. The molecule has 0 saturated heterocycles. The average molecular weight is 338 g/mol. The molecule has 0 radical (unpaired) electrons. The number of hydrogen-bond donors (Lipinski definition) is 3.